The van der Waals surface area contributed by atoms with Crippen LogP contribution in [0.25, 0.3) is 22.0 Å². The Bertz CT molecular complexity index is 906. The number of benzene rings is 2. The highest BCUT2D eigenvalue weighted by Gasteiger charge is 2.18. The van der Waals surface area contributed by atoms with Crippen LogP contribution in [-0.4, -0.2) is 35.7 Å². The molecular weight excluding hydrogens is 308 g/mol. The van der Waals surface area contributed by atoms with Gasteiger partial charge < -0.3 is 14.2 Å². The topological polar surface area (TPSA) is 17.4 Å². The number of hydrogen-bond donors (Lipinski definition) is 0. The lowest BCUT2D eigenvalue weighted by atomic mass is 9.95. The second-order valence-corrected chi connectivity index (χ2v) is 7.18. The van der Waals surface area contributed by atoms with Gasteiger partial charge in [-0.15, -0.1) is 0 Å². The maximum atomic E-state index is 5.76. The lowest BCUT2D eigenvalue weighted by molar-refractivity contribution is 0.324. The number of nitrogens with zero attached hydrogens (tertiary/aromatic N) is 2. The Hall–Kier alpha value is -2.26. The van der Waals surface area contributed by atoms with Crippen LogP contribution in [0.2, 0.25) is 0 Å². The lowest BCUT2D eigenvalue weighted by Crippen LogP contribution is -2.23. The quantitative estimate of drug-likeness (QED) is 0.707. The van der Waals surface area contributed by atoms with E-state index >= 15 is 0 Å². The molecule has 0 unspecified atom stereocenters. The van der Waals surface area contributed by atoms with Crippen molar-refractivity contribution in [1.29, 1.82) is 0 Å². The van der Waals surface area contributed by atoms with Gasteiger partial charge in [-0.25, -0.2) is 0 Å². The molecule has 3 nitrogen and oxygen atoms in total. The molecule has 3 heteroatoms. The molecule has 2 aromatic carbocycles. The Morgan fingerprint density at radius 1 is 0.880 bits per heavy atom. The molecule has 2 aliphatic heterocycles. The zero-order chi connectivity index (χ0) is 16.6. The van der Waals surface area contributed by atoms with E-state index in [1.807, 2.05) is 0 Å². The van der Waals surface area contributed by atoms with Gasteiger partial charge in [0.2, 0.25) is 0 Å². The number of likely N-dealkylation sites (tertiary alicyclic amines) is 1. The minimum Gasteiger partial charge on any atom is -0.493 e. The van der Waals surface area contributed by atoms with Crippen LogP contribution in [0.4, 0.5) is 0 Å². The number of fused-ring (bicyclic) bond motifs is 2. The van der Waals surface area contributed by atoms with Crippen LogP contribution in [0.3, 0.4) is 0 Å². The van der Waals surface area contributed by atoms with Gasteiger partial charge in [-0.3, -0.25) is 0 Å². The fourth-order valence-corrected chi connectivity index (χ4v) is 4.38. The molecule has 0 amide bonds. The number of aromatic nitrogens is 1. The van der Waals surface area contributed by atoms with Gasteiger partial charge in [0.1, 0.15) is 5.75 Å². The molecule has 2 aliphatic rings. The van der Waals surface area contributed by atoms with Crippen LogP contribution in [0, 0.1) is 0 Å². The van der Waals surface area contributed by atoms with Gasteiger partial charge in [0.05, 0.1) is 6.61 Å². The fourth-order valence-electron chi connectivity index (χ4n) is 4.38. The molecule has 128 valence electrons. The van der Waals surface area contributed by atoms with Gasteiger partial charge in [0.25, 0.3) is 0 Å². The zero-order valence-corrected chi connectivity index (χ0v) is 14.6. The third-order valence-electron chi connectivity index (χ3n) is 5.70. The summed E-state index contributed by atoms with van der Waals surface area (Å²) >= 11 is 0. The van der Waals surface area contributed by atoms with Crippen molar-refractivity contribution in [2.24, 2.45) is 0 Å². The molecule has 0 spiro atoms. The zero-order valence-electron chi connectivity index (χ0n) is 14.6. The lowest BCUT2D eigenvalue weighted by Gasteiger charge is -2.15. The molecule has 0 saturated carbocycles. The van der Waals surface area contributed by atoms with E-state index in [2.05, 4.69) is 58.1 Å². The van der Waals surface area contributed by atoms with Crippen molar-refractivity contribution in [2.75, 3.05) is 26.2 Å². The average molecular weight is 332 g/mol. The second-order valence-electron chi connectivity index (χ2n) is 7.18. The first kappa shape index (κ1) is 15.0. The van der Waals surface area contributed by atoms with E-state index in [4.69, 9.17) is 4.74 Å². The summed E-state index contributed by atoms with van der Waals surface area (Å²) in [6, 6.07) is 15.4. The van der Waals surface area contributed by atoms with Crippen LogP contribution in [-0.2, 0) is 13.0 Å². The molecule has 3 heterocycles. The van der Waals surface area contributed by atoms with Crippen LogP contribution in [0.15, 0.2) is 48.7 Å². The van der Waals surface area contributed by atoms with Crippen LogP contribution in [0.1, 0.15) is 18.4 Å². The molecule has 1 fully saturated rings. The second kappa shape index (κ2) is 6.23. The summed E-state index contributed by atoms with van der Waals surface area (Å²) in [5.74, 6) is 1.06. The predicted octanol–water partition coefficient (Wildman–Crippen LogP) is 4.34. The van der Waals surface area contributed by atoms with Gasteiger partial charge in [0, 0.05) is 42.2 Å². The molecule has 1 saturated heterocycles. The molecule has 0 N–H and O–H groups in total. The molecular formula is C22H24N2O. The van der Waals surface area contributed by atoms with E-state index in [-0.39, 0.29) is 0 Å². The minimum absolute atomic E-state index is 0.805. The van der Waals surface area contributed by atoms with Crippen molar-refractivity contribution in [2.45, 2.75) is 25.8 Å². The molecule has 1 aromatic heterocycles. The Labute approximate surface area is 148 Å². The first-order valence-corrected chi connectivity index (χ1v) is 9.45. The molecule has 0 atom stereocenters. The largest absolute Gasteiger partial charge is 0.493 e. The molecule has 5 rings (SSSR count). The first-order chi connectivity index (χ1) is 12.4. The fraction of sp³-hybridized carbons (Fsp3) is 0.364. The molecule has 0 bridgehead atoms. The molecule has 0 radical (unpaired) electrons. The summed E-state index contributed by atoms with van der Waals surface area (Å²) in [5, 5.41) is 1.35. The molecule has 0 aliphatic carbocycles. The predicted molar refractivity (Wildman–Crippen MR) is 102 cm³/mol. The SMILES string of the molecule is c1cc2c(c(-c3cccc4c3ccn4CCN3CCCC3)c1)CCO2. The van der Waals surface area contributed by atoms with Crippen LogP contribution < -0.4 is 4.74 Å². The summed E-state index contributed by atoms with van der Waals surface area (Å²) < 4.78 is 8.18. The maximum absolute atomic E-state index is 5.76. The van der Waals surface area contributed by atoms with E-state index in [1.54, 1.807) is 0 Å². The van der Waals surface area contributed by atoms with Crippen molar-refractivity contribution >= 4 is 10.9 Å². The van der Waals surface area contributed by atoms with Crippen LogP contribution in [0.5, 0.6) is 5.75 Å². The number of ether oxygens (including phenoxy) is 1. The number of rotatable bonds is 4. The summed E-state index contributed by atoms with van der Waals surface area (Å²) in [6.45, 7) is 5.56. The minimum atomic E-state index is 0.805. The number of hydrogen-bond acceptors (Lipinski definition) is 2. The average Bonchev–Trinajstić information content (AvgIpc) is 3.38. The van der Waals surface area contributed by atoms with E-state index in [0.29, 0.717) is 0 Å². The molecule has 3 aromatic rings. The Morgan fingerprint density at radius 2 is 1.72 bits per heavy atom. The van der Waals surface area contributed by atoms with Gasteiger partial charge in [-0.05, 0) is 55.3 Å². The van der Waals surface area contributed by atoms with E-state index in [0.717, 1.165) is 31.9 Å². The third kappa shape index (κ3) is 2.63. The highest BCUT2D eigenvalue weighted by atomic mass is 16.5. The normalized spacial score (nSPS) is 17.1. The Balaban J connectivity index is 1.51. The Kier molecular flexibility index (Phi) is 3.75. The standard InChI is InChI=1S/C22H24N2O/c1-2-12-23(11-1)14-15-24-13-9-19-17(5-3-7-21(19)24)18-6-4-8-22-20(18)10-16-25-22/h3-9,13H,1-2,10-12,14-16H2. The summed E-state index contributed by atoms with van der Waals surface area (Å²) in [4.78, 5) is 2.58. The Morgan fingerprint density at radius 3 is 2.64 bits per heavy atom. The van der Waals surface area contributed by atoms with Crippen molar-refractivity contribution in [3.8, 4) is 16.9 Å². The maximum Gasteiger partial charge on any atom is 0.123 e. The van der Waals surface area contributed by atoms with Crippen molar-refractivity contribution in [1.82, 2.24) is 9.47 Å². The molecule has 25 heavy (non-hydrogen) atoms. The highest BCUT2D eigenvalue weighted by molar-refractivity contribution is 5.96. The van der Waals surface area contributed by atoms with E-state index < -0.39 is 0 Å². The van der Waals surface area contributed by atoms with Crippen molar-refractivity contribution < 1.29 is 4.74 Å². The van der Waals surface area contributed by atoms with Gasteiger partial charge in [-0.2, -0.15) is 0 Å². The van der Waals surface area contributed by atoms with E-state index in [1.165, 1.54) is 53.5 Å². The third-order valence-corrected chi connectivity index (χ3v) is 5.70. The summed E-state index contributed by atoms with van der Waals surface area (Å²) in [6.07, 6.45) is 5.98. The van der Waals surface area contributed by atoms with Crippen molar-refractivity contribution in [3.63, 3.8) is 0 Å². The van der Waals surface area contributed by atoms with Gasteiger partial charge in [0.15, 0.2) is 0 Å². The van der Waals surface area contributed by atoms with Crippen LogP contribution >= 0.6 is 0 Å². The van der Waals surface area contributed by atoms with E-state index in [9.17, 15) is 0 Å². The van der Waals surface area contributed by atoms with Gasteiger partial charge >= 0.3 is 0 Å². The first-order valence-electron chi connectivity index (χ1n) is 9.45. The monoisotopic (exact) mass is 332 g/mol. The van der Waals surface area contributed by atoms with Gasteiger partial charge in [-0.1, -0.05) is 24.3 Å². The summed E-state index contributed by atoms with van der Waals surface area (Å²) in [7, 11) is 0. The smallest absolute Gasteiger partial charge is 0.123 e. The summed E-state index contributed by atoms with van der Waals surface area (Å²) in [5.41, 5.74) is 5.37. The highest BCUT2D eigenvalue weighted by Crippen LogP contribution is 2.38. The van der Waals surface area contributed by atoms with Crippen molar-refractivity contribution in [3.05, 3.63) is 54.2 Å².